The van der Waals surface area contributed by atoms with Gasteiger partial charge in [-0.05, 0) is 31.5 Å². The minimum absolute atomic E-state index is 0.0728. The van der Waals surface area contributed by atoms with Crippen LogP contribution in [-0.2, 0) is 24.0 Å². The zero-order valence-corrected chi connectivity index (χ0v) is 22.0. The monoisotopic (exact) mass is 551 g/mol. The predicted molar refractivity (Wildman–Crippen MR) is 139 cm³/mol. The number of nitrogen functional groups attached to an aromatic ring is 1. The first-order valence-electron chi connectivity index (χ1n) is 11.5. The van der Waals surface area contributed by atoms with Crippen LogP contribution in [0.5, 0.6) is 0 Å². The van der Waals surface area contributed by atoms with Gasteiger partial charge in [-0.2, -0.15) is 5.10 Å². The van der Waals surface area contributed by atoms with Gasteiger partial charge in [0.2, 0.25) is 0 Å². The number of oxime groups is 1. The molecule has 1 aromatic heterocycles. The first kappa shape index (κ1) is 26.7. The summed E-state index contributed by atoms with van der Waals surface area (Å²) in [6, 6.07) is -0.855. The molecule has 0 spiro atoms. The first-order chi connectivity index (χ1) is 17.6. The number of ether oxygens (including phenoxy) is 1. The van der Waals surface area contributed by atoms with Crippen molar-refractivity contribution in [3.8, 4) is 0 Å². The first-order valence-corrected chi connectivity index (χ1v) is 13.4. The SMILES string of the molecule is CC(C)(OC=O)O/N=C(\C(=O)N[C@@H]1C(=O)N2C(C(N)=NN)=C(CN3CCCC3)CS[C@H]12)c1csc(N)n1. The Morgan fingerprint density at radius 3 is 2.73 bits per heavy atom. The lowest BCUT2D eigenvalue weighted by molar-refractivity contribution is -0.203. The van der Waals surface area contributed by atoms with Gasteiger partial charge in [-0.15, -0.1) is 23.1 Å². The Hall–Kier alpha value is -3.37. The van der Waals surface area contributed by atoms with Crippen molar-refractivity contribution in [3.63, 3.8) is 0 Å². The Morgan fingerprint density at radius 2 is 2.11 bits per heavy atom. The maximum atomic E-state index is 13.2. The molecular weight excluding hydrogens is 522 g/mol. The van der Waals surface area contributed by atoms with Gasteiger partial charge in [0.15, 0.2) is 16.7 Å². The molecule has 2 atom stereocenters. The van der Waals surface area contributed by atoms with Crippen LogP contribution in [0.1, 0.15) is 32.4 Å². The summed E-state index contributed by atoms with van der Waals surface area (Å²) in [7, 11) is 0. The fourth-order valence-electron chi connectivity index (χ4n) is 4.23. The molecule has 7 N–H and O–H groups in total. The van der Waals surface area contributed by atoms with E-state index in [0.29, 0.717) is 18.0 Å². The maximum absolute atomic E-state index is 13.2. The van der Waals surface area contributed by atoms with E-state index < -0.39 is 23.1 Å². The van der Waals surface area contributed by atoms with Gasteiger partial charge in [0.05, 0.1) is 5.70 Å². The molecule has 0 saturated carbocycles. The Morgan fingerprint density at radius 1 is 1.38 bits per heavy atom. The van der Waals surface area contributed by atoms with Gasteiger partial charge in [0, 0.05) is 31.5 Å². The van der Waals surface area contributed by atoms with Gasteiger partial charge in [-0.25, -0.2) is 4.98 Å². The quantitative estimate of drug-likeness (QED) is 0.0546. The summed E-state index contributed by atoms with van der Waals surface area (Å²) < 4.78 is 4.81. The Kier molecular flexibility index (Phi) is 7.89. The van der Waals surface area contributed by atoms with Crippen LogP contribution >= 0.6 is 23.1 Å². The van der Waals surface area contributed by atoms with Crippen LogP contribution in [0.25, 0.3) is 0 Å². The number of nitrogens with one attached hydrogen (secondary N) is 1. The van der Waals surface area contributed by atoms with Crippen molar-refractivity contribution in [2.45, 2.75) is 43.9 Å². The number of fused-ring (bicyclic) bond motifs is 1. The number of aromatic nitrogens is 1. The third kappa shape index (κ3) is 5.65. The van der Waals surface area contributed by atoms with E-state index in [1.165, 1.54) is 35.9 Å². The molecule has 2 saturated heterocycles. The molecule has 0 bridgehead atoms. The number of nitrogens with two attached hydrogens (primary N) is 3. The number of β-lactam (4-membered cyclic amide) rings is 1. The number of anilines is 1. The second-order valence-corrected chi connectivity index (χ2v) is 11.0. The van der Waals surface area contributed by atoms with E-state index in [9.17, 15) is 14.4 Å². The van der Waals surface area contributed by atoms with Crippen molar-refractivity contribution < 1.29 is 24.0 Å². The van der Waals surface area contributed by atoms with Crippen molar-refractivity contribution in [1.29, 1.82) is 0 Å². The molecule has 3 aliphatic rings. The van der Waals surface area contributed by atoms with Crippen LogP contribution in [-0.4, -0.2) is 87.2 Å². The molecule has 2 amide bonds. The number of amides is 2. The van der Waals surface area contributed by atoms with E-state index in [1.54, 1.807) is 0 Å². The van der Waals surface area contributed by atoms with Crippen molar-refractivity contribution in [2.75, 3.05) is 31.1 Å². The number of nitrogens with zero attached hydrogens (tertiary/aromatic N) is 5. The van der Waals surface area contributed by atoms with E-state index in [-0.39, 0.29) is 34.8 Å². The molecule has 16 heteroatoms. The van der Waals surface area contributed by atoms with Crippen LogP contribution in [0.4, 0.5) is 5.13 Å². The Labute approximate surface area is 221 Å². The number of likely N-dealkylation sites (tertiary alicyclic amines) is 1. The molecular formula is C21H29N9O5S2. The predicted octanol–water partition coefficient (Wildman–Crippen LogP) is -0.664. The van der Waals surface area contributed by atoms with Crippen molar-refractivity contribution in [1.82, 2.24) is 20.1 Å². The molecule has 200 valence electrons. The number of carbonyl (C=O) groups excluding carboxylic acids is 3. The summed E-state index contributed by atoms with van der Waals surface area (Å²) in [5.41, 5.74) is 13.2. The summed E-state index contributed by atoms with van der Waals surface area (Å²) >= 11 is 2.62. The third-order valence-corrected chi connectivity index (χ3v) is 8.01. The lowest BCUT2D eigenvalue weighted by Crippen LogP contribution is -2.71. The second kappa shape index (κ2) is 10.9. The van der Waals surface area contributed by atoms with Crippen LogP contribution in [0.2, 0.25) is 0 Å². The molecule has 37 heavy (non-hydrogen) atoms. The third-order valence-electron chi connectivity index (χ3n) is 6.00. The average Bonchev–Trinajstić information content (AvgIpc) is 3.53. The number of hydrazone groups is 1. The molecule has 0 aromatic carbocycles. The summed E-state index contributed by atoms with van der Waals surface area (Å²) in [6.07, 6.45) is 2.26. The number of hydrogen-bond donors (Lipinski definition) is 4. The van der Waals surface area contributed by atoms with Gasteiger partial charge in [0.25, 0.3) is 24.1 Å². The summed E-state index contributed by atoms with van der Waals surface area (Å²) in [5, 5.41) is 11.6. The van der Waals surface area contributed by atoms with Crippen molar-refractivity contribution >= 4 is 58.1 Å². The number of rotatable bonds is 10. The topological polar surface area (TPSA) is 204 Å². The van der Waals surface area contributed by atoms with Gasteiger partial charge in [-0.1, -0.05) is 5.16 Å². The fraction of sp³-hybridized carbons (Fsp3) is 0.524. The minimum atomic E-state index is -1.44. The van der Waals surface area contributed by atoms with Crippen LogP contribution in [0, 0.1) is 0 Å². The number of hydrogen-bond acceptors (Lipinski definition) is 13. The number of amidine groups is 1. The van der Waals surface area contributed by atoms with E-state index in [1.807, 2.05) is 0 Å². The van der Waals surface area contributed by atoms with E-state index in [4.69, 9.17) is 26.9 Å². The number of thioether (sulfide) groups is 1. The van der Waals surface area contributed by atoms with Crippen LogP contribution in [0.15, 0.2) is 26.9 Å². The fourth-order valence-corrected chi connectivity index (χ4v) is 6.11. The summed E-state index contributed by atoms with van der Waals surface area (Å²) in [5.74, 6) is 3.66. The average molecular weight is 552 g/mol. The minimum Gasteiger partial charge on any atom is -0.423 e. The smallest absolute Gasteiger partial charge is 0.296 e. The highest BCUT2D eigenvalue weighted by molar-refractivity contribution is 8.00. The molecule has 0 aliphatic carbocycles. The normalized spacial score (nSPS) is 23.0. The van der Waals surface area contributed by atoms with Gasteiger partial charge in [0.1, 0.15) is 17.1 Å². The highest BCUT2D eigenvalue weighted by atomic mass is 32.2. The molecule has 2 fully saturated rings. The zero-order chi connectivity index (χ0) is 26.7. The molecule has 0 unspecified atom stereocenters. The summed E-state index contributed by atoms with van der Waals surface area (Å²) in [4.78, 5) is 50.4. The van der Waals surface area contributed by atoms with E-state index in [2.05, 4.69) is 25.5 Å². The van der Waals surface area contributed by atoms with E-state index >= 15 is 0 Å². The highest BCUT2D eigenvalue weighted by Gasteiger charge is 2.53. The standard InChI is InChI=1S/C21H29N9O5S2/c1-21(2,34-10-31)35-28-13(12-9-37-20(23)25-12)17(32)26-14-18(33)30-15(16(22)27-24)11(8-36-19(14)30)7-29-5-3-4-6-29/h9-10,14,19H,3-8,24H2,1-2H3,(H2,22,27)(H2,23,25)(H,26,32)/b28-13-/t14-,19-/m1/s1. The largest absolute Gasteiger partial charge is 0.423 e. The number of carbonyl (C=O) groups is 3. The van der Waals surface area contributed by atoms with Crippen LogP contribution in [0.3, 0.4) is 0 Å². The molecule has 1 aromatic rings. The lowest BCUT2D eigenvalue weighted by Gasteiger charge is -2.50. The maximum Gasteiger partial charge on any atom is 0.296 e. The zero-order valence-electron chi connectivity index (χ0n) is 20.4. The van der Waals surface area contributed by atoms with Gasteiger partial charge in [-0.3, -0.25) is 24.2 Å². The van der Waals surface area contributed by atoms with Gasteiger partial charge < -0.3 is 32.2 Å². The van der Waals surface area contributed by atoms with Crippen molar-refractivity contribution in [3.05, 3.63) is 22.3 Å². The molecule has 0 radical (unpaired) electrons. The highest BCUT2D eigenvalue weighted by Crippen LogP contribution is 2.40. The molecule has 4 heterocycles. The Bertz CT molecular complexity index is 1160. The molecule has 4 rings (SSSR count). The molecule has 3 aliphatic heterocycles. The second-order valence-electron chi connectivity index (χ2n) is 9.03. The van der Waals surface area contributed by atoms with Gasteiger partial charge >= 0.3 is 0 Å². The van der Waals surface area contributed by atoms with E-state index in [0.717, 1.165) is 42.8 Å². The summed E-state index contributed by atoms with van der Waals surface area (Å²) in [6.45, 7) is 5.73. The Balaban J connectivity index is 1.54. The lowest BCUT2D eigenvalue weighted by atomic mass is 10.0. The van der Waals surface area contributed by atoms with Crippen LogP contribution < -0.4 is 22.6 Å². The van der Waals surface area contributed by atoms with Crippen molar-refractivity contribution in [2.24, 2.45) is 21.8 Å². The molecule has 14 nitrogen and oxygen atoms in total. The number of thiazole rings is 1.